The van der Waals surface area contributed by atoms with E-state index < -0.39 is 6.29 Å². The lowest BCUT2D eigenvalue weighted by atomic mass is 9.87. The Morgan fingerprint density at radius 2 is 2.23 bits per heavy atom. The van der Waals surface area contributed by atoms with Crippen LogP contribution in [0.4, 0.5) is 0 Å². The lowest BCUT2D eigenvalue weighted by Crippen LogP contribution is -2.15. The first-order chi connectivity index (χ1) is 6.25. The van der Waals surface area contributed by atoms with Gasteiger partial charge in [0.15, 0.2) is 6.29 Å². The molecule has 2 aliphatic rings. The molecule has 2 fully saturated rings. The molecule has 2 saturated carbocycles. The molecule has 0 aromatic carbocycles. The average molecular weight is 184 g/mol. The Balaban J connectivity index is 1.66. The lowest BCUT2D eigenvalue weighted by Gasteiger charge is -2.21. The summed E-state index contributed by atoms with van der Waals surface area (Å²) in [4.78, 5) is 0. The second-order valence-corrected chi connectivity index (χ2v) is 4.69. The van der Waals surface area contributed by atoms with Gasteiger partial charge in [-0.05, 0) is 50.4 Å². The summed E-state index contributed by atoms with van der Waals surface area (Å²) in [6.07, 6.45) is 6.39. The Bertz CT molecular complexity index is 167. The number of hydrogen-bond acceptors (Lipinski definition) is 2. The van der Waals surface area contributed by atoms with Crippen LogP contribution in [-0.2, 0) is 4.74 Å². The third-order valence-electron chi connectivity index (χ3n) is 3.73. The van der Waals surface area contributed by atoms with Crippen LogP contribution in [0.1, 0.15) is 39.0 Å². The number of aliphatic hydroxyl groups excluding tert-OH is 1. The molecular weight excluding hydrogens is 164 g/mol. The maximum Gasteiger partial charge on any atom is 0.151 e. The molecule has 2 rings (SSSR count). The molecule has 0 radical (unpaired) electrons. The number of aliphatic hydroxyl groups is 1. The molecule has 2 nitrogen and oxygen atoms in total. The van der Waals surface area contributed by atoms with Crippen molar-refractivity contribution in [3.63, 3.8) is 0 Å². The van der Waals surface area contributed by atoms with Crippen LogP contribution in [0.3, 0.4) is 0 Å². The lowest BCUT2D eigenvalue weighted by molar-refractivity contribution is -0.0893. The van der Waals surface area contributed by atoms with E-state index in [9.17, 15) is 0 Å². The van der Waals surface area contributed by atoms with Gasteiger partial charge >= 0.3 is 0 Å². The van der Waals surface area contributed by atoms with E-state index in [0.717, 1.165) is 30.8 Å². The smallest absolute Gasteiger partial charge is 0.151 e. The van der Waals surface area contributed by atoms with Crippen molar-refractivity contribution in [2.75, 3.05) is 6.61 Å². The van der Waals surface area contributed by atoms with Gasteiger partial charge in [-0.25, -0.2) is 0 Å². The minimum absolute atomic E-state index is 0.585. The van der Waals surface area contributed by atoms with Crippen molar-refractivity contribution in [2.24, 2.45) is 17.8 Å². The molecule has 2 bridgehead atoms. The first-order valence-corrected chi connectivity index (χ1v) is 5.55. The predicted octanol–water partition coefficient (Wildman–Crippen LogP) is 2.17. The molecule has 4 atom stereocenters. The highest BCUT2D eigenvalue weighted by atomic mass is 16.6. The van der Waals surface area contributed by atoms with Crippen LogP contribution in [-0.4, -0.2) is 18.0 Å². The van der Waals surface area contributed by atoms with Crippen LogP contribution in [0.5, 0.6) is 0 Å². The van der Waals surface area contributed by atoms with E-state index in [1.807, 2.05) is 0 Å². The third kappa shape index (κ3) is 2.23. The summed E-state index contributed by atoms with van der Waals surface area (Å²) in [6, 6.07) is 0. The summed E-state index contributed by atoms with van der Waals surface area (Å²) in [5.74, 6) is 2.92. The summed E-state index contributed by atoms with van der Waals surface area (Å²) in [6.45, 7) is 2.42. The predicted molar refractivity (Wildman–Crippen MR) is 51.2 cm³/mol. The van der Waals surface area contributed by atoms with Gasteiger partial charge in [0, 0.05) is 6.61 Å². The summed E-state index contributed by atoms with van der Waals surface area (Å²) < 4.78 is 5.17. The monoisotopic (exact) mass is 184 g/mol. The number of rotatable bonds is 4. The zero-order valence-electron chi connectivity index (χ0n) is 8.41. The Kier molecular flexibility index (Phi) is 2.89. The van der Waals surface area contributed by atoms with Gasteiger partial charge in [-0.2, -0.15) is 0 Å². The van der Waals surface area contributed by atoms with Gasteiger partial charge < -0.3 is 9.84 Å². The maximum absolute atomic E-state index is 8.94. The zero-order chi connectivity index (χ0) is 9.26. The van der Waals surface area contributed by atoms with E-state index >= 15 is 0 Å². The normalized spacial score (nSPS) is 39.7. The summed E-state index contributed by atoms with van der Waals surface area (Å²) >= 11 is 0. The largest absolute Gasteiger partial charge is 0.368 e. The molecule has 1 N–H and O–H groups in total. The van der Waals surface area contributed by atoms with Crippen LogP contribution in [0.2, 0.25) is 0 Å². The second kappa shape index (κ2) is 3.97. The Hall–Kier alpha value is -0.0800. The molecule has 4 unspecified atom stereocenters. The van der Waals surface area contributed by atoms with E-state index in [4.69, 9.17) is 9.84 Å². The van der Waals surface area contributed by atoms with Crippen LogP contribution in [0.25, 0.3) is 0 Å². The molecule has 0 spiro atoms. The van der Waals surface area contributed by atoms with Gasteiger partial charge in [0.05, 0.1) is 0 Å². The molecule has 2 aliphatic carbocycles. The van der Waals surface area contributed by atoms with Gasteiger partial charge in [-0.1, -0.05) is 6.42 Å². The quantitative estimate of drug-likeness (QED) is 0.678. The van der Waals surface area contributed by atoms with Gasteiger partial charge in [-0.3, -0.25) is 0 Å². The highest BCUT2D eigenvalue weighted by Crippen LogP contribution is 2.49. The van der Waals surface area contributed by atoms with Crippen molar-refractivity contribution < 1.29 is 9.84 Å². The minimum Gasteiger partial charge on any atom is -0.368 e. The Labute approximate surface area is 80.3 Å². The first kappa shape index (κ1) is 9.47. The van der Waals surface area contributed by atoms with Gasteiger partial charge in [0.25, 0.3) is 0 Å². The van der Waals surface area contributed by atoms with E-state index in [1.165, 1.54) is 25.7 Å². The molecule has 2 heteroatoms. The highest BCUT2D eigenvalue weighted by molar-refractivity contribution is 4.89. The van der Waals surface area contributed by atoms with Crippen LogP contribution in [0.15, 0.2) is 0 Å². The fourth-order valence-corrected chi connectivity index (χ4v) is 3.12. The van der Waals surface area contributed by atoms with Crippen LogP contribution in [0, 0.1) is 17.8 Å². The second-order valence-electron chi connectivity index (χ2n) is 4.69. The molecule has 0 saturated heterocycles. The van der Waals surface area contributed by atoms with Gasteiger partial charge in [0.1, 0.15) is 0 Å². The molecule has 0 aromatic heterocycles. The maximum atomic E-state index is 8.94. The molecule has 0 amide bonds. The minimum atomic E-state index is -0.585. The summed E-state index contributed by atoms with van der Waals surface area (Å²) in [5, 5.41) is 8.94. The topological polar surface area (TPSA) is 29.5 Å². The van der Waals surface area contributed by atoms with Crippen molar-refractivity contribution in [3.05, 3.63) is 0 Å². The highest BCUT2D eigenvalue weighted by Gasteiger charge is 2.38. The third-order valence-corrected chi connectivity index (χ3v) is 3.73. The van der Waals surface area contributed by atoms with E-state index in [1.54, 1.807) is 6.92 Å². The van der Waals surface area contributed by atoms with E-state index in [0.29, 0.717) is 0 Å². The summed E-state index contributed by atoms with van der Waals surface area (Å²) in [5.41, 5.74) is 0. The Morgan fingerprint density at radius 3 is 2.77 bits per heavy atom. The molecule has 0 aromatic rings. The van der Waals surface area contributed by atoms with Gasteiger partial charge in [-0.15, -0.1) is 0 Å². The number of hydrogen-bond donors (Lipinski definition) is 1. The molecule has 76 valence electrons. The SMILES string of the molecule is CC(O)OCCC1CC2CCC1C2. The van der Waals surface area contributed by atoms with Crippen molar-refractivity contribution >= 4 is 0 Å². The average Bonchev–Trinajstić information content (AvgIpc) is 2.64. The van der Waals surface area contributed by atoms with Crippen molar-refractivity contribution in [3.8, 4) is 0 Å². The molecular formula is C11H20O2. The summed E-state index contributed by atoms with van der Waals surface area (Å²) in [7, 11) is 0. The van der Waals surface area contributed by atoms with Crippen molar-refractivity contribution in [1.82, 2.24) is 0 Å². The zero-order valence-corrected chi connectivity index (χ0v) is 8.41. The molecule has 0 aliphatic heterocycles. The van der Waals surface area contributed by atoms with Crippen molar-refractivity contribution in [1.29, 1.82) is 0 Å². The molecule has 13 heavy (non-hydrogen) atoms. The van der Waals surface area contributed by atoms with Gasteiger partial charge in [0.2, 0.25) is 0 Å². The van der Waals surface area contributed by atoms with Crippen molar-refractivity contribution in [2.45, 2.75) is 45.3 Å². The standard InChI is InChI=1S/C11H20O2/c1-8(12)13-5-4-11-7-9-2-3-10(11)6-9/h8-12H,2-7H2,1H3. The fourth-order valence-electron chi connectivity index (χ4n) is 3.12. The molecule has 0 heterocycles. The van der Waals surface area contributed by atoms with E-state index in [2.05, 4.69) is 0 Å². The Morgan fingerprint density at radius 1 is 1.38 bits per heavy atom. The van der Waals surface area contributed by atoms with E-state index in [-0.39, 0.29) is 0 Å². The fraction of sp³-hybridized carbons (Fsp3) is 1.00. The first-order valence-electron chi connectivity index (χ1n) is 5.55. The van der Waals surface area contributed by atoms with Crippen LogP contribution >= 0.6 is 0 Å². The number of fused-ring (bicyclic) bond motifs is 2. The number of ether oxygens (including phenoxy) is 1. The van der Waals surface area contributed by atoms with Crippen LogP contribution < -0.4 is 0 Å².